The number of carbonyl (C=O) groups is 1. The van der Waals surface area contributed by atoms with Crippen molar-refractivity contribution in [3.8, 4) is 23.1 Å². The second-order valence-corrected chi connectivity index (χ2v) is 7.83. The van der Waals surface area contributed by atoms with Crippen molar-refractivity contribution in [1.82, 2.24) is 15.1 Å². The monoisotopic (exact) mass is 447 g/mol. The Morgan fingerprint density at radius 1 is 1.38 bits per heavy atom. The molecule has 1 fully saturated rings. The molecule has 0 amide bonds. The molecule has 0 saturated carbocycles. The van der Waals surface area contributed by atoms with Gasteiger partial charge >= 0.3 is 6.18 Å². The van der Waals surface area contributed by atoms with Crippen molar-refractivity contribution in [2.45, 2.75) is 44.8 Å². The first kappa shape index (κ1) is 23.5. The molecule has 1 unspecified atom stereocenters. The largest absolute Gasteiger partial charge is 0.507 e. The molecule has 170 valence electrons. The minimum Gasteiger partial charge on any atom is -0.507 e. The number of phenols is 1. The van der Waals surface area contributed by atoms with Crippen LogP contribution in [-0.4, -0.2) is 52.2 Å². The van der Waals surface area contributed by atoms with Crippen molar-refractivity contribution in [1.29, 1.82) is 5.26 Å². The third-order valence-electron chi connectivity index (χ3n) is 5.55. The van der Waals surface area contributed by atoms with E-state index in [1.165, 1.54) is 0 Å². The van der Waals surface area contributed by atoms with Crippen LogP contribution in [0.25, 0.3) is 11.3 Å². The summed E-state index contributed by atoms with van der Waals surface area (Å²) in [5.74, 6) is -0.278. The summed E-state index contributed by atoms with van der Waals surface area (Å²) in [7, 11) is 0. The normalized spacial score (nSPS) is 17.0. The number of rotatable bonds is 7. The standard InChI is InChI=1S/C22H24F3N5O2/c1-14-18(12-26)21(27-16-5-4-9-30(13-16)8-2-3-10-31)29-28-20(14)17-7-6-15(11-19(17)32)22(23,24)25/h6-7,10-11,16,32H,2-5,8-9,13H2,1H3,(H,27,29). The smallest absolute Gasteiger partial charge is 0.416 e. The quantitative estimate of drug-likeness (QED) is 0.490. The fraction of sp³-hybridized carbons (Fsp3) is 0.455. The molecule has 1 aromatic carbocycles. The number of alkyl halides is 3. The third-order valence-corrected chi connectivity index (χ3v) is 5.55. The van der Waals surface area contributed by atoms with Crippen molar-refractivity contribution >= 4 is 12.1 Å². The summed E-state index contributed by atoms with van der Waals surface area (Å²) in [5.41, 5.74) is -0.105. The molecular formula is C22H24F3N5O2. The molecule has 7 nitrogen and oxygen atoms in total. The van der Waals surface area contributed by atoms with Crippen LogP contribution in [0.1, 0.15) is 42.4 Å². The van der Waals surface area contributed by atoms with E-state index in [9.17, 15) is 28.3 Å². The van der Waals surface area contributed by atoms with Crippen molar-refractivity contribution < 1.29 is 23.1 Å². The van der Waals surface area contributed by atoms with Crippen LogP contribution in [0.5, 0.6) is 5.75 Å². The van der Waals surface area contributed by atoms with E-state index in [1.54, 1.807) is 6.92 Å². The van der Waals surface area contributed by atoms with Gasteiger partial charge in [-0.1, -0.05) is 0 Å². The number of aromatic hydroxyl groups is 1. The van der Waals surface area contributed by atoms with Gasteiger partial charge in [-0.2, -0.15) is 18.4 Å². The van der Waals surface area contributed by atoms with Crippen LogP contribution < -0.4 is 5.32 Å². The van der Waals surface area contributed by atoms with Crippen LogP contribution in [0.15, 0.2) is 18.2 Å². The van der Waals surface area contributed by atoms with Crippen molar-refractivity contribution in [3.63, 3.8) is 0 Å². The molecule has 2 aromatic rings. The van der Waals surface area contributed by atoms with Gasteiger partial charge in [0.05, 0.1) is 5.56 Å². The maximum Gasteiger partial charge on any atom is 0.416 e. The summed E-state index contributed by atoms with van der Waals surface area (Å²) in [6.45, 7) is 4.13. The predicted molar refractivity (Wildman–Crippen MR) is 112 cm³/mol. The zero-order valence-corrected chi connectivity index (χ0v) is 17.6. The first-order chi connectivity index (χ1) is 15.2. The highest BCUT2D eigenvalue weighted by Crippen LogP contribution is 2.37. The number of likely N-dealkylation sites (tertiary alicyclic amines) is 1. The van der Waals surface area contributed by atoms with E-state index in [-0.39, 0.29) is 22.9 Å². The average molecular weight is 447 g/mol. The van der Waals surface area contributed by atoms with Crippen LogP contribution in [0.3, 0.4) is 0 Å². The Kier molecular flexibility index (Phi) is 7.30. The summed E-state index contributed by atoms with van der Waals surface area (Å²) >= 11 is 0. The van der Waals surface area contributed by atoms with Gasteiger partial charge in [-0.3, -0.25) is 0 Å². The van der Waals surface area contributed by atoms with Crippen molar-refractivity contribution in [2.75, 3.05) is 25.0 Å². The lowest BCUT2D eigenvalue weighted by Crippen LogP contribution is -2.42. The molecule has 0 aliphatic carbocycles. The summed E-state index contributed by atoms with van der Waals surface area (Å²) in [5, 5.41) is 31.3. The predicted octanol–water partition coefficient (Wildman–Crippen LogP) is 3.90. The van der Waals surface area contributed by atoms with Crippen molar-refractivity contribution in [3.05, 3.63) is 34.9 Å². The number of anilines is 1. The number of hydrogen-bond acceptors (Lipinski definition) is 7. The Morgan fingerprint density at radius 3 is 2.81 bits per heavy atom. The van der Waals surface area contributed by atoms with Crippen LogP contribution in [-0.2, 0) is 11.0 Å². The zero-order valence-electron chi connectivity index (χ0n) is 17.6. The Labute approximate surface area is 183 Å². The first-order valence-corrected chi connectivity index (χ1v) is 10.3. The highest BCUT2D eigenvalue weighted by molar-refractivity contribution is 5.74. The van der Waals surface area contributed by atoms with Crippen LogP contribution in [0, 0.1) is 18.3 Å². The third kappa shape index (κ3) is 5.34. The summed E-state index contributed by atoms with van der Waals surface area (Å²) in [6, 6.07) is 4.76. The Morgan fingerprint density at radius 2 is 2.16 bits per heavy atom. The lowest BCUT2D eigenvalue weighted by atomic mass is 10.0. The molecule has 0 spiro atoms. The average Bonchev–Trinajstić information content (AvgIpc) is 2.74. The van der Waals surface area contributed by atoms with Gasteiger partial charge in [0.25, 0.3) is 0 Å². The number of nitrogens with zero attached hydrogens (tertiary/aromatic N) is 4. The summed E-state index contributed by atoms with van der Waals surface area (Å²) < 4.78 is 38.6. The van der Waals surface area contributed by atoms with E-state index in [1.807, 2.05) is 0 Å². The first-order valence-electron chi connectivity index (χ1n) is 10.3. The molecular weight excluding hydrogens is 423 g/mol. The molecule has 1 aromatic heterocycles. The Bertz CT molecular complexity index is 1020. The fourth-order valence-electron chi connectivity index (χ4n) is 3.89. The molecule has 1 atom stereocenters. The Balaban J connectivity index is 1.82. The zero-order chi connectivity index (χ0) is 23.3. The van der Waals surface area contributed by atoms with Gasteiger partial charge < -0.3 is 20.1 Å². The van der Waals surface area contributed by atoms with Crippen molar-refractivity contribution in [2.24, 2.45) is 0 Å². The van der Waals surface area contributed by atoms with E-state index in [0.29, 0.717) is 23.9 Å². The summed E-state index contributed by atoms with van der Waals surface area (Å²) in [6.07, 6.45) is -0.502. The van der Waals surface area contributed by atoms with Crippen LogP contribution in [0.4, 0.5) is 19.0 Å². The topological polar surface area (TPSA) is 102 Å². The molecule has 10 heteroatoms. The van der Waals surface area contributed by atoms with Gasteiger partial charge in [0.15, 0.2) is 5.82 Å². The van der Waals surface area contributed by atoms with Gasteiger partial charge in [-0.25, -0.2) is 0 Å². The molecule has 2 N–H and O–H groups in total. The number of unbranched alkanes of at least 4 members (excludes halogenated alkanes) is 1. The number of nitriles is 1. The number of hydrogen-bond donors (Lipinski definition) is 2. The number of benzene rings is 1. The van der Waals surface area contributed by atoms with Crippen LogP contribution in [0.2, 0.25) is 0 Å². The second kappa shape index (κ2) is 9.96. The molecule has 0 radical (unpaired) electrons. The van der Waals surface area contributed by atoms with Gasteiger partial charge in [0, 0.05) is 24.6 Å². The SMILES string of the molecule is Cc1c(-c2ccc(C(F)(F)F)cc2O)nnc(NC2CCCN(CCCC=O)C2)c1C#N. The van der Waals surface area contributed by atoms with Gasteiger partial charge in [-0.05, 0) is 63.0 Å². The lowest BCUT2D eigenvalue weighted by molar-refractivity contribution is -0.137. The minimum absolute atomic E-state index is 0.0473. The van der Waals surface area contributed by atoms with E-state index in [4.69, 9.17) is 0 Å². The Hall–Kier alpha value is -3.19. The van der Waals surface area contributed by atoms with E-state index in [0.717, 1.165) is 57.3 Å². The van der Waals surface area contributed by atoms with Gasteiger partial charge in [0.1, 0.15) is 29.4 Å². The van der Waals surface area contributed by atoms with E-state index >= 15 is 0 Å². The van der Waals surface area contributed by atoms with Crippen LogP contribution >= 0.6 is 0 Å². The number of carbonyl (C=O) groups excluding carboxylic acids is 1. The fourth-order valence-corrected chi connectivity index (χ4v) is 3.89. The molecule has 32 heavy (non-hydrogen) atoms. The maximum absolute atomic E-state index is 12.9. The molecule has 1 aliphatic rings. The summed E-state index contributed by atoms with van der Waals surface area (Å²) in [4.78, 5) is 12.8. The number of aromatic nitrogens is 2. The molecule has 0 bridgehead atoms. The second-order valence-electron chi connectivity index (χ2n) is 7.83. The highest BCUT2D eigenvalue weighted by atomic mass is 19.4. The lowest BCUT2D eigenvalue weighted by Gasteiger charge is -2.33. The number of aldehydes is 1. The number of piperidine rings is 1. The number of phenolic OH excluding ortho intramolecular Hbond substituents is 1. The number of halogens is 3. The maximum atomic E-state index is 12.9. The molecule has 3 rings (SSSR count). The van der Waals surface area contributed by atoms with E-state index < -0.39 is 17.5 Å². The molecule has 1 saturated heterocycles. The minimum atomic E-state index is -4.58. The van der Waals surface area contributed by atoms with Gasteiger partial charge in [0.2, 0.25) is 0 Å². The highest BCUT2D eigenvalue weighted by Gasteiger charge is 2.31. The molecule has 2 heterocycles. The van der Waals surface area contributed by atoms with E-state index in [2.05, 4.69) is 26.5 Å². The van der Waals surface area contributed by atoms with Gasteiger partial charge in [-0.15, -0.1) is 10.2 Å². The molecule has 1 aliphatic heterocycles. The number of nitrogens with one attached hydrogen (secondary N) is 1.